The lowest BCUT2D eigenvalue weighted by atomic mass is 9.82. The molecule has 3 atom stereocenters. The molecule has 10 nitrogen and oxygen atoms in total. The number of aromatic amines is 1. The molecule has 0 saturated carbocycles. The minimum Gasteiger partial charge on any atom is -0.483 e. The number of nitrogens with zero attached hydrogens (tertiary/aromatic N) is 1. The Morgan fingerprint density at radius 2 is 1.78 bits per heavy atom. The summed E-state index contributed by atoms with van der Waals surface area (Å²) >= 11 is 8.53. The topological polar surface area (TPSA) is 135 Å². The van der Waals surface area contributed by atoms with Crippen LogP contribution in [0.5, 0.6) is 5.75 Å². The number of anilines is 2. The number of thioether (sulfide) groups is 1. The van der Waals surface area contributed by atoms with E-state index >= 15 is 0 Å². The molecule has 45 heavy (non-hydrogen) atoms. The maximum absolute atomic E-state index is 14.1. The molecule has 6 rings (SSSR count). The number of hydrogen-bond donors (Lipinski definition) is 2. The summed E-state index contributed by atoms with van der Waals surface area (Å²) in [5.41, 5.74) is 2.61. The predicted molar refractivity (Wildman–Crippen MR) is 172 cm³/mol. The van der Waals surface area contributed by atoms with Crippen molar-refractivity contribution in [2.75, 3.05) is 23.4 Å². The molecule has 0 spiro atoms. The van der Waals surface area contributed by atoms with E-state index in [9.17, 15) is 24.0 Å². The maximum atomic E-state index is 14.1. The van der Waals surface area contributed by atoms with Gasteiger partial charge in [-0.25, -0.2) is 9.69 Å². The van der Waals surface area contributed by atoms with Crippen LogP contribution in [0, 0.1) is 12.8 Å². The van der Waals surface area contributed by atoms with Gasteiger partial charge in [0.15, 0.2) is 6.61 Å². The van der Waals surface area contributed by atoms with Crippen LogP contribution >= 0.6 is 34.7 Å². The second-order valence-electron chi connectivity index (χ2n) is 10.4. The average molecular weight is 664 g/mol. The van der Waals surface area contributed by atoms with E-state index in [1.54, 1.807) is 31.2 Å². The van der Waals surface area contributed by atoms with Crippen LogP contribution in [0.2, 0.25) is 5.02 Å². The number of aryl methyl sites for hydroxylation is 1. The molecule has 2 aliphatic heterocycles. The molecular formula is C32H26ClN3O7S2. The van der Waals surface area contributed by atoms with Gasteiger partial charge in [0, 0.05) is 27.1 Å². The number of benzene rings is 3. The Kier molecular flexibility index (Phi) is 8.54. The molecule has 1 saturated heterocycles. The Labute approximate surface area is 270 Å². The summed E-state index contributed by atoms with van der Waals surface area (Å²) in [4.78, 5) is 69.6. The zero-order valence-electron chi connectivity index (χ0n) is 24.0. The van der Waals surface area contributed by atoms with Crippen molar-refractivity contribution in [3.63, 3.8) is 0 Å². The number of nitrogens with one attached hydrogen (secondary N) is 2. The fourth-order valence-electron chi connectivity index (χ4n) is 5.50. The summed E-state index contributed by atoms with van der Waals surface area (Å²) in [5, 5.41) is 2.81. The molecule has 3 amide bonds. The predicted octanol–water partition coefficient (Wildman–Crippen LogP) is 5.39. The van der Waals surface area contributed by atoms with Crippen molar-refractivity contribution in [2.45, 2.75) is 30.0 Å². The molecule has 2 N–H and O–H groups in total. The lowest BCUT2D eigenvalue weighted by Gasteiger charge is -2.31. The van der Waals surface area contributed by atoms with E-state index in [2.05, 4.69) is 10.3 Å². The number of rotatable bonds is 8. The summed E-state index contributed by atoms with van der Waals surface area (Å²) in [6.45, 7) is 3.46. The molecule has 3 aromatic carbocycles. The summed E-state index contributed by atoms with van der Waals surface area (Å²) in [7, 11) is 0. The van der Waals surface area contributed by atoms with Crippen LogP contribution in [0.3, 0.4) is 0 Å². The van der Waals surface area contributed by atoms with Crippen molar-refractivity contribution < 1.29 is 28.7 Å². The number of thiazole rings is 1. The van der Waals surface area contributed by atoms with Gasteiger partial charge in [0.25, 0.3) is 5.91 Å². The lowest BCUT2D eigenvalue weighted by Crippen LogP contribution is -2.32. The number of esters is 1. The monoisotopic (exact) mass is 663 g/mol. The molecular weight excluding hydrogens is 638 g/mol. The highest BCUT2D eigenvalue weighted by Crippen LogP contribution is 2.54. The molecule has 230 valence electrons. The average Bonchev–Trinajstić information content (AvgIpc) is 3.51. The van der Waals surface area contributed by atoms with Crippen LogP contribution in [0.4, 0.5) is 11.4 Å². The highest BCUT2D eigenvalue weighted by molar-refractivity contribution is 8.00. The third-order valence-corrected chi connectivity index (χ3v) is 10.2. The van der Waals surface area contributed by atoms with Gasteiger partial charge in [0.05, 0.1) is 28.8 Å². The van der Waals surface area contributed by atoms with E-state index in [4.69, 9.17) is 21.1 Å². The number of carbonyl (C=O) groups is 4. The first kappa shape index (κ1) is 30.6. The van der Waals surface area contributed by atoms with Crippen LogP contribution < -0.4 is 19.8 Å². The van der Waals surface area contributed by atoms with Crippen molar-refractivity contribution in [2.24, 2.45) is 5.92 Å². The first-order chi connectivity index (χ1) is 21.7. The summed E-state index contributed by atoms with van der Waals surface area (Å²) in [6, 6.07) is 18.3. The Morgan fingerprint density at radius 1 is 1.02 bits per heavy atom. The summed E-state index contributed by atoms with van der Waals surface area (Å²) in [5.74, 6) is -3.22. The Balaban J connectivity index is 1.34. The summed E-state index contributed by atoms with van der Waals surface area (Å²) in [6.07, 6.45) is 0. The zero-order chi connectivity index (χ0) is 31.8. The van der Waals surface area contributed by atoms with E-state index < -0.39 is 34.9 Å². The number of para-hydroxylation sites is 1. The second-order valence-corrected chi connectivity index (χ2v) is 13.0. The van der Waals surface area contributed by atoms with Crippen LogP contribution in [0.15, 0.2) is 76.6 Å². The third kappa shape index (κ3) is 5.88. The van der Waals surface area contributed by atoms with Crippen LogP contribution in [0.1, 0.15) is 39.2 Å². The zero-order valence-corrected chi connectivity index (χ0v) is 26.4. The van der Waals surface area contributed by atoms with E-state index in [0.29, 0.717) is 37.6 Å². The second kappa shape index (κ2) is 12.5. The number of aromatic nitrogens is 1. The van der Waals surface area contributed by atoms with Gasteiger partial charge in [0.2, 0.25) is 11.8 Å². The fourth-order valence-corrected chi connectivity index (χ4v) is 8.19. The number of H-pyrrole nitrogens is 1. The molecule has 1 aromatic heterocycles. The van der Waals surface area contributed by atoms with Gasteiger partial charge < -0.3 is 19.8 Å². The lowest BCUT2D eigenvalue weighted by molar-refractivity contribution is -0.122. The molecule has 0 radical (unpaired) electrons. The number of hydrogen-bond acceptors (Lipinski definition) is 9. The van der Waals surface area contributed by atoms with Crippen LogP contribution in [-0.2, 0) is 19.1 Å². The Hall–Kier alpha value is -4.39. The van der Waals surface area contributed by atoms with E-state index in [1.807, 2.05) is 25.1 Å². The smallest absolute Gasteiger partial charge is 0.338 e. The minimum absolute atomic E-state index is 0.213. The quantitative estimate of drug-likeness (QED) is 0.189. The van der Waals surface area contributed by atoms with Gasteiger partial charge in [-0.1, -0.05) is 52.9 Å². The molecule has 2 aliphatic rings. The highest BCUT2D eigenvalue weighted by Gasteiger charge is 2.57. The van der Waals surface area contributed by atoms with Crippen molar-refractivity contribution in [1.82, 2.24) is 4.98 Å². The number of ether oxygens (including phenoxy) is 2. The number of carbonyl (C=O) groups excluding carboxylic acids is 4. The Morgan fingerprint density at radius 3 is 2.51 bits per heavy atom. The molecule has 1 fully saturated rings. The fraction of sp³-hybridized carbons (Fsp3) is 0.219. The van der Waals surface area contributed by atoms with Gasteiger partial charge in [-0.05, 0) is 67.9 Å². The van der Waals surface area contributed by atoms with Crippen molar-refractivity contribution >= 4 is 69.8 Å². The first-order valence-corrected chi connectivity index (χ1v) is 16.1. The SMILES string of the molecule is CCOC(=O)c1ccc(N2C(=O)C3Sc4[nH]c(=O)sc4C(c4cc(Cl)ccc4OCC(=O)Nc4ccccc4C)C3C2=O)cc1. The van der Waals surface area contributed by atoms with Crippen LogP contribution in [0.25, 0.3) is 0 Å². The number of amides is 3. The number of imide groups is 1. The van der Waals surface area contributed by atoms with Gasteiger partial charge in [-0.3, -0.25) is 19.2 Å². The van der Waals surface area contributed by atoms with Gasteiger partial charge in [-0.15, -0.1) is 0 Å². The molecule has 4 aromatic rings. The normalized spacial score (nSPS) is 18.7. The largest absolute Gasteiger partial charge is 0.483 e. The van der Waals surface area contributed by atoms with Crippen molar-refractivity contribution in [1.29, 1.82) is 0 Å². The molecule has 3 unspecified atom stereocenters. The molecule has 0 aliphatic carbocycles. The third-order valence-electron chi connectivity index (χ3n) is 7.55. The van der Waals surface area contributed by atoms with Crippen molar-refractivity contribution in [3.8, 4) is 5.75 Å². The highest BCUT2D eigenvalue weighted by atomic mass is 35.5. The van der Waals surface area contributed by atoms with Crippen LogP contribution in [-0.4, -0.2) is 47.1 Å². The maximum Gasteiger partial charge on any atom is 0.338 e. The standard InChI is InChI=1S/C32H26ClN3O7S2/c1-3-42-31(40)17-8-11-19(12-9-17)36-29(38)25-24(26-28(35-32(41)45-26)44-27(25)30(36)39)20-14-18(33)10-13-22(20)43-15-23(37)34-21-7-5-4-6-16(21)2/h4-14,24-25,27H,3,15H2,1-2H3,(H,34,37)(H,35,41). The van der Waals surface area contributed by atoms with Gasteiger partial charge in [0.1, 0.15) is 11.0 Å². The number of halogens is 1. The molecule has 3 heterocycles. The van der Waals surface area contributed by atoms with Gasteiger partial charge in [-0.2, -0.15) is 0 Å². The van der Waals surface area contributed by atoms with E-state index in [1.165, 1.54) is 24.3 Å². The van der Waals surface area contributed by atoms with Crippen molar-refractivity contribution in [3.05, 3.63) is 103 Å². The molecule has 13 heteroatoms. The minimum atomic E-state index is -0.909. The van der Waals surface area contributed by atoms with E-state index in [0.717, 1.165) is 33.6 Å². The summed E-state index contributed by atoms with van der Waals surface area (Å²) < 4.78 is 11.0. The molecule has 0 bridgehead atoms. The van der Waals surface area contributed by atoms with E-state index in [-0.39, 0.29) is 29.6 Å². The van der Waals surface area contributed by atoms with Gasteiger partial charge >= 0.3 is 10.8 Å². The number of fused-ring (bicyclic) bond motifs is 2. The Bertz CT molecular complexity index is 1890. The first-order valence-electron chi connectivity index (χ1n) is 14.0.